The number of aromatic nitrogens is 1. The van der Waals surface area contributed by atoms with Crippen molar-refractivity contribution in [1.29, 1.82) is 0 Å². The van der Waals surface area contributed by atoms with Crippen molar-refractivity contribution in [3.8, 4) is 5.88 Å². The molecule has 0 fully saturated rings. The molecule has 0 bridgehead atoms. The predicted molar refractivity (Wildman–Crippen MR) is 76.3 cm³/mol. The molecule has 0 spiro atoms. The van der Waals surface area contributed by atoms with Crippen LogP contribution in [-0.4, -0.2) is 12.1 Å². The van der Waals surface area contributed by atoms with Crippen molar-refractivity contribution in [1.82, 2.24) is 4.98 Å². The van der Waals surface area contributed by atoms with Gasteiger partial charge in [-0.1, -0.05) is 0 Å². The quantitative estimate of drug-likeness (QED) is 0.889. The minimum Gasteiger partial charge on any atom is -0.481 e. The minimum absolute atomic E-state index is 0.172. The van der Waals surface area contributed by atoms with Gasteiger partial charge in [0.05, 0.1) is 18.8 Å². The monoisotopic (exact) mass is 263 g/mol. The van der Waals surface area contributed by atoms with Crippen molar-refractivity contribution in [3.05, 3.63) is 34.0 Å². The van der Waals surface area contributed by atoms with E-state index in [-0.39, 0.29) is 6.04 Å². The molecule has 2 heterocycles. The van der Waals surface area contributed by atoms with Gasteiger partial charge < -0.3 is 15.8 Å². The molecule has 0 aromatic carbocycles. The van der Waals surface area contributed by atoms with Gasteiger partial charge in [-0.3, -0.25) is 0 Å². The SMILES string of the molecule is COc1ccc(N)c(NC(C)c2ccc(C)s2)n1. The second-order valence-electron chi connectivity index (χ2n) is 4.11. The molecule has 0 radical (unpaired) electrons. The lowest BCUT2D eigenvalue weighted by molar-refractivity contribution is 0.398. The molecule has 1 atom stereocenters. The second kappa shape index (κ2) is 5.27. The average molecular weight is 263 g/mol. The largest absolute Gasteiger partial charge is 0.481 e. The standard InChI is InChI=1S/C13H17N3OS/c1-8-4-6-11(18-8)9(2)15-13-10(14)5-7-12(16-13)17-3/h4-7,9H,14H2,1-3H3,(H,15,16). The van der Waals surface area contributed by atoms with Crippen LogP contribution in [0.3, 0.4) is 0 Å². The van der Waals surface area contributed by atoms with Crippen molar-refractivity contribution in [2.24, 2.45) is 0 Å². The van der Waals surface area contributed by atoms with Crippen LogP contribution in [0.15, 0.2) is 24.3 Å². The molecule has 96 valence electrons. The molecule has 0 aliphatic rings. The summed E-state index contributed by atoms with van der Waals surface area (Å²) in [5.41, 5.74) is 6.52. The first-order valence-corrected chi connectivity index (χ1v) is 6.55. The van der Waals surface area contributed by atoms with Gasteiger partial charge in [-0.2, -0.15) is 4.98 Å². The van der Waals surface area contributed by atoms with Crippen LogP contribution in [0.5, 0.6) is 5.88 Å². The van der Waals surface area contributed by atoms with Crippen molar-refractivity contribution in [2.75, 3.05) is 18.2 Å². The Balaban J connectivity index is 2.18. The summed E-state index contributed by atoms with van der Waals surface area (Å²) in [4.78, 5) is 6.87. The Hall–Kier alpha value is -1.75. The van der Waals surface area contributed by atoms with Gasteiger partial charge in [0.2, 0.25) is 5.88 Å². The van der Waals surface area contributed by atoms with Gasteiger partial charge in [0.1, 0.15) is 0 Å². The molecule has 0 aliphatic carbocycles. The summed E-state index contributed by atoms with van der Waals surface area (Å²) in [6.45, 7) is 4.19. The van der Waals surface area contributed by atoms with Crippen LogP contribution in [0, 0.1) is 6.92 Å². The van der Waals surface area contributed by atoms with Crippen LogP contribution in [-0.2, 0) is 0 Å². The van der Waals surface area contributed by atoms with E-state index in [1.165, 1.54) is 9.75 Å². The number of thiophene rings is 1. The molecule has 2 rings (SSSR count). The third kappa shape index (κ3) is 2.73. The van der Waals surface area contributed by atoms with Crippen molar-refractivity contribution >= 4 is 22.8 Å². The maximum Gasteiger partial charge on any atom is 0.215 e. The van der Waals surface area contributed by atoms with Crippen LogP contribution >= 0.6 is 11.3 Å². The lowest BCUT2D eigenvalue weighted by Crippen LogP contribution is -2.09. The molecule has 3 N–H and O–H groups in total. The molecule has 2 aromatic rings. The summed E-state index contributed by atoms with van der Waals surface area (Å²) in [6, 6.07) is 7.95. The molecular formula is C13H17N3OS. The minimum atomic E-state index is 0.172. The maximum atomic E-state index is 5.90. The number of ether oxygens (including phenoxy) is 1. The fourth-order valence-corrected chi connectivity index (χ4v) is 2.52. The van der Waals surface area contributed by atoms with Crippen LogP contribution in [0.2, 0.25) is 0 Å². The fraction of sp³-hybridized carbons (Fsp3) is 0.308. The van der Waals surface area contributed by atoms with Gasteiger partial charge in [-0.15, -0.1) is 11.3 Å². The first-order valence-electron chi connectivity index (χ1n) is 5.73. The average Bonchev–Trinajstić information content (AvgIpc) is 2.79. The number of nitrogens with one attached hydrogen (secondary N) is 1. The zero-order valence-corrected chi connectivity index (χ0v) is 11.5. The molecule has 18 heavy (non-hydrogen) atoms. The number of nitrogen functional groups attached to an aromatic ring is 1. The first-order chi connectivity index (χ1) is 8.60. The van der Waals surface area contributed by atoms with Gasteiger partial charge in [-0.25, -0.2) is 0 Å². The van der Waals surface area contributed by atoms with E-state index in [1.54, 1.807) is 30.6 Å². The summed E-state index contributed by atoms with van der Waals surface area (Å²) < 4.78 is 5.10. The number of hydrogen-bond acceptors (Lipinski definition) is 5. The smallest absolute Gasteiger partial charge is 0.215 e. The Morgan fingerprint density at radius 1 is 1.33 bits per heavy atom. The number of aryl methyl sites for hydroxylation is 1. The van der Waals surface area contributed by atoms with E-state index in [4.69, 9.17) is 10.5 Å². The third-order valence-corrected chi connectivity index (χ3v) is 3.83. The second-order valence-corrected chi connectivity index (χ2v) is 5.43. The van der Waals surface area contributed by atoms with Gasteiger partial charge in [0, 0.05) is 15.8 Å². The molecule has 0 amide bonds. The molecule has 4 nitrogen and oxygen atoms in total. The van der Waals surface area contributed by atoms with Crippen LogP contribution < -0.4 is 15.8 Å². The molecule has 2 aromatic heterocycles. The summed E-state index contributed by atoms with van der Waals surface area (Å²) in [5.74, 6) is 1.22. The maximum absolute atomic E-state index is 5.90. The van der Waals surface area contributed by atoms with E-state index in [0.717, 1.165) is 0 Å². The highest BCUT2D eigenvalue weighted by atomic mass is 32.1. The van der Waals surface area contributed by atoms with Crippen LogP contribution in [0.25, 0.3) is 0 Å². The number of methoxy groups -OCH3 is 1. The van der Waals surface area contributed by atoms with E-state index in [1.807, 2.05) is 0 Å². The van der Waals surface area contributed by atoms with Gasteiger partial charge in [0.25, 0.3) is 0 Å². The molecule has 0 saturated carbocycles. The number of anilines is 2. The highest BCUT2D eigenvalue weighted by Crippen LogP contribution is 2.28. The van der Waals surface area contributed by atoms with E-state index < -0.39 is 0 Å². The Morgan fingerprint density at radius 3 is 2.72 bits per heavy atom. The molecule has 5 heteroatoms. The summed E-state index contributed by atoms with van der Waals surface area (Å²) in [5, 5.41) is 3.31. The molecular weight excluding hydrogens is 246 g/mol. The fourth-order valence-electron chi connectivity index (χ4n) is 1.64. The Bertz CT molecular complexity index is 539. The van der Waals surface area contributed by atoms with Crippen molar-refractivity contribution in [2.45, 2.75) is 19.9 Å². The number of hydrogen-bond donors (Lipinski definition) is 2. The topological polar surface area (TPSA) is 60.2 Å². The summed E-state index contributed by atoms with van der Waals surface area (Å²) in [7, 11) is 1.59. The van der Waals surface area contributed by atoms with Crippen LogP contribution in [0.4, 0.5) is 11.5 Å². The molecule has 0 aliphatic heterocycles. The Morgan fingerprint density at radius 2 is 2.11 bits per heavy atom. The zero-order chi connectivity index (χ0) is 13.1. The van der Waals surface area contributed by atoms with Crippen molar-refractivity contribution < 1.29 is 4.74 Å². The first kappa shape index (κ1) is 12.7. The van der Waals surface area contributed by atoms with E-state index in [2.05, 4.69) is 36.3 Å². The number of nitrogens with zero attached hydrogens (tertiary/aromatic N) is 1. The van der Waals surface area contributed by atoms with Gasteiger partial charge >= 0.3 is 0 Å². The molecule has 0 saturated heterocycles. The van der Waals surface area contributed by atoms with Crippen LogP contribution in [0.1, 0.15) is 22.7 Å². The van der Waals surface area contributed by atoms with Crippen molar-refractivity contribution in [3.63, 3.8) is 0 Å². The zero-order valence-electron chi connectivity index (χ0n) is 10.7. The predicted octanol–water partition coefficient (Wildman–Crippen LogP) is 3.22. The Kier molecular flexibility index (Phi) is 3.72. The van der Waals surface area contributed by atoms with E-state index in [9.17, 15) is 0 Å². The lowest BCUT2D eigenvalue weighted by atomic mass is 10.2. The van der Waals surface area contributed by atoms with Gasteiger partial charge in [-0.05, 0) is 32.0 Å². The molecule has 1 unspecified atom stereocenters. The third-order valence-electron chi connectivity index (χ3n) is 2.65. The normalized spacial score (nSPS) is 12.2. The van der Waals surface area contributed by atoms with E-state index >= 15 is 0 Å². The number of nitrogens with two attached hydrogens (primary N) is 1. The number of pyridine rings is 1. The van der Waals surface area contributed by atoms with Gasteiger partial charge in [0.15, 0.2) is 5.82 Å². The summed E-state index contributed by atoms with van der Waals surface area (Å²) in [6.07, 6.45) is 0. The Labute approximate surface area is 111 Å². The summed E-state index contributed by atoms with van der Waals surface area (Å²) >= 11 is 1.77. The highest BCUT2D eigenvalue weighted by molar-refractivity contribution is 7.12. The lowest BCUT2D eigenvalue weighted by Gasteiger charge is -2.15. The van der Waals surface area contributed by atoms with E-state index in [0.29, 0.717) is 17.4 Å². The highest BCUT2D eigenvalue weighted by Gasteiger charge is 2.11. The number of rotatable bonds is 4.